The number of aromatic nitrogens is 4. The number of hydrogen-bond donors (Lipinski definition) is 1. The first-order valence-corrected chi connectivity index (χ1v) is 17.8. The van der Waals surface area contributed by atoms with Gasteiger partial charge in [-0.15, -0.1) is 5.54 Å². The van der Waals surface area contributed by atoms with E-state index in [-0.39, 0.29) is 6.04 Å². The Hall–Kier alpha value is -3.80. The molecule has 2 aromatic heterocycles. The molecule has 0 unspecified atom stereocenters. The number of hydrogen-bond acceptors (Lipinski definition) is 5. The fraction of sp³-hybridized carbons (Fsp3) is 0.444. The molecule has 0 saturated carbocycles. The van der Waals surface area contributed by atoms with Crippen molar-refractivity contribution in [1.29, 1.82) is 0 Å². The van der Waals surface area contributed by atoms with Gasteiger partial charge in [-0.3, -0.25) is 4.79 Å². The second-order valence-corrected chi connectivity index (χ2v) is 19.3. The highest BCUT2D eigenvalue weighted by atomic mass is 28.3. The van der Waals surface area contributed by atoms with Gasteiger partial charge in [0.25, 0.3) is 5.91 Å². The number of imidazole rings is 1. The monoisotopic (exact) mass is 608 g/mol. The third-order valence-corrected chi connectivity index (χ3v) is 16.1. The van der Waals surface area contributed by atoms with Crippen LogP contribution in [0.3, 0.4) is 0 Å². The van der Waals surface area contributed by atoms with Gasteiger partial charge in [0.05, 0.1) is 23.1 Å². The van der Waals surface area contributed by atoms with Crippen LogP contribution in [-0.2, 0) is 5.60 Å². The van der Waals surface area contributed by atoms with E-state index in [1.807, 2.05) is 30.3 Å². The Kier molecular flexibility index (Phi) is 6.45. The third-order valence-electron chi connectivity index (χ3n) is 9.79. The number of benzene rings is 2. The number of carbonyl (C=O) groups excluding carboxylic acids is 1. The van der Waals surface area contributed by atoms with Crippen molar-refractivity contribution >= 4 is 25.0 Å². The molecule has 8 heteroatoms. The Bertz CT molecular complexity index is 1910. The van der Waals surface area contributed by atoms with E-state index in [9.17, 15) is 9.90 Å². The van der Waals surface area contributed by atoms with Gasteiger partial charge in [0.1, 0.15) is 19.5 Å². The number of carbonyl (C=O) groups is 1. The molecule has 1 amide bonds. The summed E-state index contributed by atoms with van der Waals surface area (Å²) < 4.78 is 27.4. The minimum absolute atomic E-state index is 0.330. The summed E-state index contributed by atoms with van der Waals surface area (Å²) in [5.74, 6) is 3.97. The minimum Gasteiger partial charge on any atom is -0.382 e. The first-order valence-electron chi connectivity index (χ1n) is 17.0. The number of rotatable bonds is 5. The number of fused-ring (bicyclic) bond motifs is 9. The summed E-state index contributed by atoms with van der Waals surface area (Å²) in [6.07, 6.45) is 3.78. The minimum atomic E-state index is -2.66. The molecular weight excluding hydrogens is 563 g/mol. The average Bonchev–Trinajstić information content (AvgIpc) is 3.48. The van der Waals surface area contributed by atoms with Gasteiger partial charge in [0, 0.05) is 52.2 Å². The fourth-order valence-corrected chi connectivity index (χ4v) is 12.9. The van der Waals surface area contributed by atoms with Gasteiger partial charge in [-0.25, -0.2) is 15.0 Å². The Balaban J connectivity index is 1.58. The molecule has 0 radical (unpaired) electrons. The van der Waals surface area contributed by atoms with E-state index in [1.54, 1.807) is 32.3 Å². The summed E-state index contributed by atoms with van der Waals surface area (Å²) in [4.78, 5) is 28.9. The van der Waals surface area contributed by atoms with Gasteiger partial charge in [0.15, 0.2) is 5.82 Å². The highest BCUT2D eigenvalue weighted by Gasteiger charge is 2.45. The summed E-state index contributed by atoms with van der Waals surface area (Å²) in [6.45, 7) is 14.3. The van der Waals surface area contributed by atoms with Crippen LogP contribution in [-0.4, -0.2) is 50.5 Å². The lowest BCUT2D eigenvalue weighted by Crippen LogP contribution is -2.43. The maximum atomic E-state index is 14.2. The molecule has 6 rings (SSSR count). The SMILES string of the molecule is [2H]C([2H])([2H])N1C(=O)c2cccc(C#C[Si](C(C)C)(C(C)C)C(C)C)c2[C@H]2C[C@@H]1c1nc3ccc(-c4cnc(C(C)(C)O)nc4)cc3n12. The summed E-state index contributed by atoms with van der Waals surface area (Å²) in [7, 11) is -2.11. The van der Waals surface area contributed by atoms with Crippen molar-refractivity contribution in [1.82, 2.24) is 24.4 Å². The van der Waals surface area contributed by atoms with Crippen molar-refractivity contribution in [3.05, 3.63) is 77.1 Å². The predicted octanol–water partition coefficient (Wildman–Crippen LogP) is 7.41. The molecule has 0 fully saturated rings. The summed E-state index contributed by atoms with van der Waals surface area (Å²) in [6, 6.07) is 10.3. The molecule has 4 heterocycles. The van der Waals surface area contributed by atoms with Crippen LogP contribution in [0, 0.1) is 11.5 Å². The fourth-order valence-electron chi connectivity index (χ4n) is 7.64. The molecule has 2 aliphatic rings. The smallest absolute Gasteiger partial charge is 0.254 e. The highest BCUT2D eigenvalue weighted by Crippen LogP contribution is 2.49. The average molecular weight is 609 g/mol. The van der Waals surface area contributed by atoms with Gasteiger partial charge in [-0.2, -0.15) is 0 Å². The van der Waals surface area contributed by atoms with Gasteiger partial charge < -0.3 is 14.6 Å². The van der Waals surface area contributed by atoms with Crippen LogP contribution in [0.15, 0.2) is 48.8 Å². The molecule has 7 nitrogen and oxygen atoms in total. The molecule has 1 N–H and O–H groups in total. The van der Waals surface area contributed by atoms with Crippen LogP contribution in [0.5, 0.6) is 0 Å². The van der Waals surface area contributed by atoms with Gasteiger partial charge >= 0.3 is 0 Å². The van der Waals surface area contributed by atoms with E-state index in [0.29, 0.717) is 45.8 Å². The lowest BCUT2D eigenvalue weighted by Gasteiger charge is -2.38. The molecule has 4 aromatic rings. The lowest BCUT2D eigenvalue weighted by atomic mass is 9.93. The molecule has 2 aromatic carbocycles. The first kappa shape index (κ1) is 26.6. The zero-order valence-corrected chi connectivity index (χ0v) is 27.8. The van der Waals surface area contributed by atoms with Gasteiger partial charge in [-0.1, -0.05) is 59.6 Å². The number of amides is 1. The normalized spacial score (nSPS) is 19.4. The Labute approximate surface area is 266 Å². The number of aliphatic hydroxyl groups is 1. The molecule has 2 aliphatic heterocycles. The van der Waals surface area contributed by atoms with Gasteiger partial charge in [0.2, 0.25) is 0 Å². The van der Waals surface area contributed by atoms with Crippen LogP contribution in [0.2, 0.25) is 16.6 Å². The second-order valence-electron chi connectivity index (χ2n) is 13.8. The van der Waals surface area contributed by atoms with E-state index < -0.39 is 32.6 Å². The lowest BCUT2D eigenvalue weighted by molar-refractivity contribution is 0.0686. The molecule has 2 atom stereocenters. The van der Waals surface area contributed by atoms with Crippen molar-refractivity contribution in [2.45, 2.75) is 96.1 Å². The van der Waals surface area contributed by atoms with E-state index in [2.05, 4.69) is 67.5 Å². The molecule has 2 bridgehead atoms. The summed E-state index contributed by atoms with van der Waals surface area (Å²) in [5, 5.41) is 10.3. The Morgan fingerprint density at radius 2 is 1.68 bits per heavy atom. The van der Waals surface area contributed by atoms with E-state index in [0.717, 1.165) is 32.7 Å². The van der Waals surface area contributed by atoms with Crippen LogP contribution in [0.4, 0.5) is 0 Å². The van der Waals surface area contributed by atoms with Crippen LogP contribution in [0.25, 0.3) is 22.2 Å². The maximum absolute atomic E-state index is 14.2. The molecule has 0 spiro atoms. The molecular formula is C36H43N5O2Si. The van der Waals surface area contributed by atoms with Gasteiger partial charge in [-0.05, 0) is 60.3 Å². The largest absolute Gasteiger partial charge is 0.382 e. The van der Waals surface area contributed by atoms with E-state index in [1.165, 1.54) is 0 Å². The van der Waals surface area contributed by atoms with E-state index in [4.69, 9.17) is 9.10 Å². The number of nitrogens with zero attached hydrogens (tertiary/aromatic N) is 5. The second kappa shape index (κ2) is 10.7. The van der Waals surface area contributed by atoms with E-state index >= 15 is 0 Å². The van der Waals surface area contributed by atoms with Crippen molar-refractivity contribution in [3.63, 3.8) is 0 Å². The summed E-state index contributed by atoms with van der Waals surface area (Å²) >= 11 is 0. The maximum Gasteiger partial charge on any atom is 0.254 e. The molecule has 0 saturated heterocycles. The molecule has 0 aliphatic carbocycles. The van der Waals surface area contributed by atoms with Crippen molar-refractivity contribution in [3.8, 4) is 22.6 Å². The van der Waals surface area contributed by atoms with Crippen LogP contribution in [0.1, 0.15) is 111 Å². The van der Waals surface area contributed by atoms with Crippen LogP contribution >= 0.6 is 0 Å². The van der Waals surface area contributed by atoms with Crippen molar-refractivity contribution < 1.29 is 14.0 Å². The Morgan fingerprint density at radius 1 is 1.00 bits per heavy atom. The standard InChI is InChI=1S/C36H43N5O2Si/c1-21(2)44(22(3)4,23(5)6)16-15-24-11-10-12-27-32(24)30-18-31(40(9)34(27)42)33-39-28-14-13-25(17-29(28)41(30)33)26-19-37-35(38-20-26)36(7,8)43/h10-14,17,19-23,30-31,43H,18H2,1-9H3/t30-,31-/m1/s1/i9D3. The quantitative estimate of drug-likeness (QED) is 0.188. The van der Waals surface area contributed by atoms with Crippen molar-refractivity contribution in [2.24, 2.45) is 0 Å². The topological polar surface area (TPSA) is 84.1 Å². The first-order chi connectivity index (χ1) is 22.0. The predicted molar refractivity (Wildman–Crippen MR) is 178 cm³/mol. The third kappa shape index (κ3) is 4.60. The zero-order chi connectivity index (χ0) is 34.2. The molecule has 228 valence electrons. The summed E-state index contributed by atoms with van der Waals surface area (Å²) in [5.41, 5.74) is 9.07. The Morgan fingerprint density at radius 3 is 2.30 bits per heavy atom. The highest BCUT2D eigenvalue weighted by molar-refractivity contribution is 6.90. The zero-order valence-electron chi connectivity index (χ0n) is 29.8. The van der Waals surface area contributed by atoms with Crippen LogP contribution < -0.4 is 0 Å². The van der Waals surface area contributed by atoms with Crippen molar-refractivity contribution in [2.75, 3.05) is 6.98 Å². The molecule has 44 heavy (non-hydrogen) atoms.